The summed E-state index contributed by atoms with van der Waals surface area (Å²) < 4.78 is 0. The van der Waals surface area contributed by atoms with Gasteiger partial charge in [0.2, 0.25) is 0 Å². The van der Waals surface area contributed by atoms with E-state index >= 15 is 0 Å². The van der Waals surface area contributed by atoms with Gasteiger partial charge in [0.05, 0.1) is 6.42 Å². The van der Waals surface area contributed by atoms with Gasteiger partial charge >= 0.3 is 17.8 Å². The van der Waals surface area contributed by atoms with Crippen molar-refractivity contribution in [3.8, 4) is 0 Å². The molecule has 0 aromatic heterocycles. The Morgan fingerprint density at radius 2 is 1.87 bits per heavy atom. The summed E-state index contributed by atoms with van der Waals surface area (Å²) in [5.41, 5.74) is 0. The van der Waals surface area contributed by atoms with Crippen LogP contribution in [-0.2, 0) is 24.0 Å². The Labute approximate surface area is 81.4 Å². The van der Waals surface area contributed by atoms with Gasteiger partial charge in [0.1, 0.15) is 0 Å². The van der Waals surface area contributed by atoms with Gasteiger partial charge in [-0.3, -0.25) is 9.59 Å². The van der Waals surface area contributed by atoms with Crippen LogP contribution in [0.5, 0.6) is 0 Å². The second-order valence-electron chi connectivity index (χ2n) is 2.67. The van der Waals surface area contributed by atoms with Gasteiger partial charge < -0.3 is 20.2 Å². The smallest absolute Gasteiger partial charge is 0.442 e. The molecule has 1 aliphatic rings. The first-order chi connectivity index (χ1) is 6.75. The number of nitrogens with zero attached hydrogens (tertiary/aromatic N) is 1. The van der Waals surface area contributed by atoms with Gasteiger partial charge in [0.15, 0.2) is 0 Å². The zero-order valence-corrected chi connectivity index (χ0v) is 7.04. The molecule has 82 valence electrons. The Bertz CT molecular complexity index is 358. The van der Waals surface area contributed by atoms with E-state index in [9.17, 15) is 19.2 Å². The Hall–Kier alpha value is -2.00. The number of imide groups is 1. The van der Waals surface area contributed by atoms with E-state index in [1.54, 1.807) is 0 Å². The molecule has 1 saturated heterocycles. The number of aliphatic carboxylic acids is 1. The topological polar surface area (TPSA) is 141 Å². The van der Waals surface area contributed by atoms with Crippen LogP contribution in [0.15, 0.2) is 0 Å². The summed E-state index contributed by atoms with van der Waals surface area (Å²) in [6.45, 7) is 0. The van der Waals surface area contributed by atoms with Gasteiger partial charge in [-0.2, -0.15) is 0 Å². The van der Waals surface area contributed by atoms with E-state index < -0.39 is 36.0 Å². The highest BCUT2D eigenvalue weighted by atomic mass is 16.7. The minimum absolute atomic E-state index is 0.295. The van der Waals surface area contributed by atoms with Gasteiger partial charge in [-0.15, -0.1) is 0 Å². The van der Waals surface area contributed by atoms with Crippen molar-refractivity contribution < 1.29 is 39.3 Å². The lowest BCUT2D eigenvalue weighted by atomic mass is 10.2. The zero-order chi connectivity index (χ0) is 11.8. The summed E-state index contributed by atoms with van der Waals surface area (Å²) in [4.78, 5) is 46.1. The van der Waals surface area contributed by atoms with Crippen LogP contribution in [0, 0.1) is 0 Å². The summed E-state index contributed by atoms with van der Waals surface area (Å²) in [5.74, 6) is -9.70. The first kappa shape index (κ1) is 11.1. The Kier molecular flexibility index (Phi) is 2.43. The molecule has 9 heteroatoms. The number of aliphatic hydroxyl groups is 2. The monoisotopic (exact) mass is 219 g/mol. The largest absolute Gasteiger partial charge is 0.473 e. The molecule has 0 aromatic carbocycles. The quantitative estimate of drug-likeness (QED) is 0.240. The van der Waals surface area contributed by atoms with Crippen LogP contribution in [0.25, 0.3) is 0 Å². The number of carbonyl (C=O) groups is 4. The second-order valence-corrected chi connectivity index (χ2v) is 2.67. The number of carbonyl (C=O) groups excluding carboxylic acids is 3. The van der Waals surface area contributed by atoms with Crippen molar-refractivity contribution in [1.29, 1.82) is 0 Å². The molecule has 9 nitrogen and oxygen atoms in total. The van der Waals surface area contributed by atoms with Crippen molar-refractivity contribution in [3.63, 3.8) is 0 Å². The van der Waals surface area contributed by atoms with Crippen molar-refractivity contribution in [1.82, 2.24) is 5.06 Å². The fourth-order valence-corrected chi connectivity index (χ4v) is 0.848. The van der Waals surface area contributed by atoms with Crippen LogP contribution < -0.4 is 0 Å². The molecule has 0 aliphatic carbocycles. The molecule has 15 heavy (non-hydrogen) atoms. The number of carboxylic acids is 1. The maximum Gasteiger partial charge on any atom is 0.442 e. The summed E-state index contributed by atoms with van der Waals surface area (Å²) in [7, 11) is 0. The Balaban J connectivity index is 2.81. The molecule has 0 atom stereocenters. The molecular weight excluding hydrogens is 214 g/mol. The Morgan fingerprint density at radius 3 is 2.20 bits per heavy atom. The van der Waals surface area contributed by atoms with Crippen LogP contribution in [0.3, 0.4) is 0 Å². The van der Waals surface area contributed by atoms with E-state index in [4.69, 9.17) is 15.3 Å². The summed E-state index contributed by atoms with van der Waals surface area (Å²) in [6, 6.07) is 0. The zero-order valence-electron chi connectivity index (χ0n) is 7.04. The average molecular weight is 219 g/mol. The molecule has 0 unspecified atom stereocenters. The number of hydrogen-bond acceptors (Lipinski definition) is 7. The normalized spacial score (nSPS) is 19.2. The van der Waals surface area contributed by atoms with E-state index in [-0.39, 0.29) is 5.06 Å². The van der Waals surface area contributed by atoms with Gasteiger partial charge in [-0.25, -0.2) is 9.59 Å². The SMILES string of the molecule is O=C(O)C(=O)ON1C(=O)CC(O)(O)C1=O. The lowest BCUT2D eigenvalue weighted by Crippen LogP contribution is -2.42. The standard InChI is InChI=1S/C6H5NO8/c8-2-1-6(13,14)5(12)7(2)15-4(11)3(9)10/h13-14H,1H2,(H,9,10). The molecule has 0 aromatic rings. The number of hydrogen-bond donors (Lipinski definition) is 3. The predicted octanol–water partition coefficient (Wildman–Crippen LogP) is -3.03. The highest BCUT2D eigenvalue weighted by Crippen LogP contribution is 2.21. The van der Waals surface area contributed by atoms with Crippen LogP contribution in [0.4, 0.5) is 0 Å². The maximum atomic E-state index is 10.9. The molecule has 3 N–H and O–H groups in total. The maximum absolute atomic E-state index is 10.9. The third kappa shape index (κ3) is 1.92. The minimum atomic E-state index is -2.96. The van der Waals surface area contributed by atoms with Crippen molar-refractivity contribution >= 4 is 23.8 Å². The third-order valence-electron chi connectivity index (χ3n) is 1.50. The fraction of sp³-hybridized carbons (Fsp3) is 0.333. The summed E-state index contributed by atoms with van der Waals surface area (Å²) in [6.07, 6.45) is -1.00. The van der Waals surface area contributed by atoms with Gasteiger partial charge in [0, 0.05) is 0 Å². The fourth-order valence-electron chi connectivity index (χ4n) is 0.848. The molecule has 1 aliphatic heterocycles. The molecular formula is C6H5NO8. The van der Waals surface area contributed by atoms with Gasteiger partial charge in [0.25, 0.3) is 11.7 Å². The first-order valence-electron chi connectivity index (χ1n) is 3.53. The van der Waals surface area contributed by atoms with Crippen molar-refractivity contribution in [2.75, 3.05) is 0 Å². The van der Waals surface area contributed by atoms with E-state index in [1.807, 2.05) is 0 Å². The van der Waals surface area contributed by atoms with Crippen molar-refractivity contribution in [3.05, 3.63) is 0 Å². The molecule has 1 rings (SSSR count). The average Bonchev–Trinajstić information content (AvgIpc) is 2.27. The summed E-state index contributed by atoms with van der Waals surface area (Å²) >= 11 is 0. The van der Waals surface area contributed by atoms with E-state index in [1.165, 1.54) is 0 Å². The lowest BCUT2D eigenvalue weighted by molar-refractivity contribution is -0.213. The van der Waals surface area contributed by atoms with Gasteiger partial charge in [-0.05, 0) is 0 Å². The van der Waals surface area contributed by atoms with Crippen molar-refractivity contribution in [2.45, 2.75) is 12.2 Å². The first-order valence-corrected chi connectivity index (χ1v) is 3.53. The molecule has 0 radical (unpaired) electrons. The minimum Gasteiger partial charge on any atom is -0.473 e. The van der Waals surface area contributed by atoms with Gasteiger partial charge in [-0.1, -0.05) is 5.06 Å². The number of hydroxylamine groups is 2. The van der Waals surface area contributed by atoms with Crippen LogP contribution in [-0.4, -0.2) is 49.9 Å². The number of carboxylic acid groups (broad SMARTS) is 1. The van der Waals surface area contributed by atoms with E-state index in [0.717, 1.165) is 0 Å². The van der Waals surface area contributed by atoms with Crippen LogP contribution in [0.1, 0.15) is 6.42 Å². The molecule has 1 fully saturated rings. The third-order valence-corrected chi connectivity index (χ3v) is 1.50. The number of rotatable bonds is 1. The lowest BCUT2D eigenvalue weighted by Gasteiger charge is -2.13. The molecule has 2 amide bonds. The van der Waals surface area contributed by atoms with Crippen LogP contribution >= 0.6 is 0 Å². The van der Waals surface area contributed by atoms with Crippen molar-refractivity contribution in [2.24, 2.45) is 0 Å². The molecule has 1 heterocycles. The Morgan fingerprint density at radius 1 is 1.33 bits per heavy atom. The van der Waals surface area contributed by atoms with E-state index in [0.29, 0.717) is 0 Å². The highest BCUT2D eigenvalue weighted by Gasteiger charge is 2.52. The number of amides is 2. The predicted molar refractivity (Wildman–Crippen MR) is 37.4 cm³/mol. The van der Waals surface area contributed by atoms with Crippen LogP contribution in [0.2, 0.25) is 0 Å². The second kappa shape index (κ2) is 3.29. The molecule has 0 bridgehead atoms. The highest BCUT2D eigenvalue weighted by molar-refractivity contribution is 6.29. The van der Waals surface area contributed by atoms with E-state index in [2.05, 4.69) is 4.84 Å². The summed E-state index contributed by atoms with van der Waals surface area (Å²) in [5, 5.41) is 25.5. The molecule has 0 saturated carbocycles. The molecule has 0 spiro atoms.